The van der Waals surface area contributed by atoms with Crippen molar-refractivity contribution in [3.63, 3.8) is 0 Å². The number of nitrogens with zero attached hydrogens (tertiary/aromatic N) is 1. The van der Waals surface area contributed by atoms with Gasteiger partial charge in [-0.25, -0.2) is 0 Å². The third-order valence-electron chi connectivity index (χ3n) is 4.70. The van der Waals surface area contributed by atoms with Crippen molar-refractivity contribution in [2.75, 3.05) is 20.1 Å². The lowest BCUT2D eigenvalue weighted by molar-refractivity contribution is 0.475. The molecule has 0 saturated heterocycles. The van der Waals surface area contributed by atoms with Gasteiger partial charge in [0, 0.05) is 37.2 Å². The number of aromatic nitrogens is 1. The Balaban J connectivity index is 0.00000280. The fraction of sp³-hybridized carbons (Fsp3) is 0.318. The van der Waals surface area contributed by atoms with Crippen molar-refractivity contribution in [3.8, 4) is 5.75 Å². The molecule has 0 unspecified atom stereocenters. The van der Waals surface area contributed by atoms with Crippen LogP contribution in [0.3, 0.4) is 0 Å². The highest BCUT2D eigenvalue weighted by atomic mass is 127. The van der Waals surface area contributed by atoms with Crippen LogP contribution in [0.15, 0.2) is 53.7 Å². The molecular weight excluding hydrogens is 463 g/mol. The summed E-state index contributed by atoms with van der Waals surface area (Å²) in [5.41, 5.74) is 5.01. The fourth-order valence-electron chi connectivity index (χ4n) is 3.21. The van der Waals surface area contributed by atoms with Crippen molar-refractivity contribution in [2.24, 2.45) is 4.99 Å². The Labute approximate surface area is 183 Å². The molecule has 28 heavy (non-hydrogen) atoms. The maximum atomic E-state index is 9.32. The number of halogens is 1. The zero-order valence-corrected chi connectivity index (χ0v) is 18.8. The van der Waals surface area contributed by atoms with E-state index in [1.54, 1.807) is 19.2 Å². The summed E-state index contributed by atoms with van der Waals surface area (Å²) in [4.78, 5) is 7.64. The second-order valence-electron chi connectivity index (χ2n) is 6.81. The normalized spacial score (nSPS) is 11.3. The summed E-state index contributed by atoms with van der Waals surface area (Å²) >= 11 is 0. The SMILES string of the molecule is CN=C(NCCCc1ccc(O)cc1)NCCc1c[nH]c2cc(C)ccc12.I. The average Bonchev–Trinajstić information content (AvgIpc) is 3.07. The first kappa shape index (κ1) is 22.1. The molecule has 0 bridgehead atoms. The minimum absolute atomic E-state index is 0. The molecule has 0 spiro atoms. The van der Waals surface area contributed by atoms with Crippen LogP contribution in [0.2, 0.25) is 0 Å². The first-order valence-electron chi connectivity index (χ1n) is 9.45. The first-order valence-corrected chi connectivity index (χ1v) is 9.45. The van der Waals surface area contributed by atoms with Gasteiger partial charge in [-0.2, -0.15) is 0 Å². The Morgan fingerprint density at radius 3 is 2.54 bits per heavy atom. The van der Waals surface area contributed by atoms with Gasteiger partial charge in [-0.1, -0.05) is 24.3 Å². The monoisotopic (exact) mass is 492 g/mol. The Kier molecular flexibility index (Phi) is 8.63. The maximum absolute atomic E-state index is 9.32. The minimum atomic E-state index is 0. The summed E-state index contributed by atoms with van der Waals surface area (Å²) in [5.74, 6) is 1.14. The first-order chi connectivity index (χ1) is 13.2. The van der Waals surface area contributed by atoms with Crippen molar-refractivity contribution >= 4 is 40.8 Å². The molecule has 5 nitrogen and oxygen atoms in total. The third-order valence-corrected chi connectivity index (χ3v) is 4.70. The molecule has 4 N–H and O–H groups in total. The van der Waals surface area contributed by atoms with Gasteiger partial charge in [-0.15, -0.1) is 24.0 Å². The van der Waals surface area contributed by atoms with Crippen molar-refractivity contribution in [3.05, 3.63) is 65.4 Å². The van der Waals surface area contributed by atoms with E-state index in [-0.39, 0.29) is 24.0 Å². The van der Waals surface area contributed by atoms with Gasteiger partial charge in [0.1, 0.15) is 5.75 Å². The number of benzene rings is 2. The van der Waals surface area contributed by atoms with Crippen LogP contribution in [0.5, 0.6) is 5.75 Å². The van der Waals surface area contributed by atoms with Gasteiger partial charge >= 0.3 is 0 Å². The number of phenolic OH excluding ortho intramolecular Hbond substituents is 1. The zero-order chi connectivity index (χ0) is 19.1. The summed E-state index contributed by atoms with van der Waals surface area (Å²) < 4.78 is 0. The third kappa shape index (κ3) is 6.15. The van der Waals surface area contributed by atoms with E-state index in [9.17, 15) is 5.11 Å². The number of hydrogen-bond donors (Lipinski definition) is 4. The zero-order valence-electron chi connectivity index (χ0n) is 16.5. The van der Waals surface area contributed by atoms with Gasteiger partial charge < -0.3 is 20.7 Å². The van der Waals surface area contributed by atoms with E-state index >= 15 is 0 Å². The highest BCUT2D eigenvalue weighted by Gasteiger charge is 2.04. The standard InChI is InChI=1S/C22H28N4O.HI/c1-16-5-10-20-18(15-26-21(20)14-16)11-13-25-22(23-2)24-12-3-4-17-6-8-19(27)9-7-17;/h5-10,14-15,26-27H,3-4,11-13H2,1-2H3,(H2,23,24,25);1H. The van der Waals surface area contributed by atoms with Gasteiger partial charge in [-0.05, 0) is 61.1 Å². The molecule has 0 atom stereocenters. The number of aromatic amines is 1. The summed E-state index contributed by atoms with van der Waals surface area (Å²) in [7, 11) is 1.80. The highest BCUT2D eigenvalue weighted by molar-refractivity contribution is 14.0. The second-order valence-corrected chi connectivity index (χ2v) is 6.81. The lowest BCUT2D eigenvalue weighted by Gasteiger charge is -2.11. The predicted octanol–water partition coefficient (Wildman–Crippen LogP) is 4.14. The molecular formula is C22H29IN4O. The number of aliphatic imine (C=N–C) groups is 1. The summed E-state index contributed by atoms with van der Waals surface area (Å²) in [6.45, 7) is 3.80. The van der Waals surface area contributed by atoms with Gasteiger partial charge in [-0.3, -0.25) is 4.99 Å². The largest absolute Gasteiger partial charge is 0.508 e. The summed E-state index contributed by atoms with van der Waals surface area (Å²) in [6.07, 6.45) is 5.02. The van der Waals surface area contributed by atoms with E-state index in [1.807, 2.05) is 12.1 Å². The molecule has 1 heterocycles. The number of fused-ring (bicyclic) bond motifs is 1. The van der Waals surface area contributed by atoms with Crippen LogP contribution in [-0.2, 0) is 12.8 Å². The average molecular weight is 492 g/mol. The lowest BCUT2D eigenvalue weighted by atomic mass is 10.1. The number of H-pyrrole nitrogens is 1. The molecule has 3 rings (SSSR count). The topological polar surface area (TPSA) is 72.4 Å². The minimum Gasteiger partial charge on any atom is -0.508 e. The maximum Gasteiger partial charge on any atom is 0.190 e. The molecule has 0 amide bonds. The van der Waals surface area contributed by atoms with Gasteiger partial charge in [0.25, 0.3) is 0 Å². The Morgan fingerprint density at radius 1 is 1.04 bits per heavy atom. The molecule has 0 aliphatic heterocycles. The van der Waals surface area contributed by atoms with Crippen LogP contribution in [0.1, 0.15) is 23.1 Å². The number of hydrogen-bond acceptors (Lipinski definition) is 2. The molecule has 2 aromatic carbocycles. The Morgan fingerprint density at radius 2 is 1.79 bits per heavy atom. The molecule has 150 valence electrons. The summed E-state index contributed by atoms with van der Waals surface area (Å²) in [5, 5.41) is 17.3. The quantitative estimate of drug-likeness (QED) is 0.173. The lowest BCUT2D eigenvalue weighted by Crippen LogP contribution is -2.38. The van der Waals surface area contributed by atoms with Gasteiger partial charge in [0.2, 0.25) is 0 Å². The molecule has 0 radical (unpaired) electrons. The number of guanidine groups is 1. The van der Waals surface area contributed by atoms with Crippen molar-refractivity contribution < 1.29 is 5.11 Å². The van der Waals surface area contributed by atoms with E-state index in [0.29, 0.717) is 5.75 Å². The molecule has 0 aliphatic carbocycles. The Bertz CT molecular complexity index is 903. The van der Waals surface area contributed by atoms with E-state index in [4.69, 9.17) is 0 Å². The van der Waals surface area contributed by atoms with Crippen LogP contribution in [0.4, 0.5) is 0 Å². The highest BCUT2D eigenvalue weighted by Crippen LogP contribution is 2.19. The van der Waals surface area contributed by atoms with Crippen molar-refractivity contribution in [2.45, 2.75) is 26.2 Å². The number of rotatable bonds is 7. The van der Waals surface area contributed by atoms with Crippen LogP contribution in [0, 0.1) is 6.92 Å². The number of phenols is 1. The van der Waals surface area contributed by atoms with E-state index in [0.717, 1.165) is 38.3 Å². The molecule has 0 saturated carbocycles. The van der Waals surface area contributed by atoms with E-state index in [1.165, 1.54) is 27.6 Å². The number of nitrogens with one attached hydrogen (secondary N) is 3. The van der Waals surface area contributed by atoms with Crippen LogP contribution in [0.25, 0.3) is 10.9 Å². The molecule has 6 heteroatoms. The molecule has 0 aliphatic rings. The fourth-order valence-corrected chi connectivity index (χ4v) is 3.21. The van der Waals surface area contributed by atoms with Crippen LogP contribution < -0.4 is 10.6 Å². The smallest absolute Gasteiger partial charge is 0.190 e. The van der Waals surface area contributed by atoms with Crippen molar-refractivity contribution in [1.82, 2.24) is 15.6 Å². The Hall–Kier alpha value is -2.22. The molecule has 3 aromatic rings. The van der Waals surface area contributed by atoms with Crippen LogP contribution in [-0.4, -0.2) is 36.2 Å². The molecule has 1 aromatic heterocycles. The van der Waals surface area contributed by atoms with Crippen molar-refractivity contribution in [1.29, 1.82) is 0 Å². The summed E-state index contributed by atoms with van der Waals surface area (Å²) in [6, 6.07) is 13.9. The number of aromatic hydroxyl groups is 1. The molecule has 0 fully saturated rings. The van der Waals surface area contributed by atoms with E-state index in [2.05, 4.69) is 51.9 Å². The number of aryl methyl sites for hydroxylation is 2. The van der Waals surface area contributed by atoms with E-state index < -0.39 is 0 Å². The predicted molar refractivity (Wildman–Crippen MR) is 128 cm³/mol. The van der Waals surface area contributed by atoms with Crippen LogP contribution >= 0.6 is 24.0 Å². The van der Waals surface area contributed by atoms with Gasteiger partial charge in [0.15, 0.2) is 5.96 Å². The second kappa shape index (κ2) is 10.9. The van der Waals surface area contributed by atoms with Gasteiger partial charge in [0.05, 0.1) is 0 Å².